The number of aldehydes is 1. The number of carboxylic acids is 1. The second-order valence-electron chi connectivity index (χ2n) is 2.48. The molecule has 0 amide bonds. The molecular weight excluding hydrogens is 182 g/mol. The van der Waals surface area contributed by atoms with Gasteiger partial charge in [-0.25, -0.2) is 4.79 Å². The van der Waals surface area contributed by atoms with Crippen LogP contribution in [0, 0.1) is 0 Å². The molecule has 4 atom stereocenters. The summed E-state index contributed by atoms with van der Waals surface area (Å²) in [5, 5.41) is 34.8. The molecule has 0 saturated heterocycles. The van der Waals surface area contributed by atoms with Gasteiger partial charge >= 0.3 is 5.97 Å². The number of nitrogens with two attached hydrogens (primary N) is 1. The molecule has 0 rings (SSSR count). The summed E-state index contributed by atoms with van der Waals surface area (Å²) in [6, 6.07) is -1.43. The van der Waals surface area contributed by atoms with Crippen molar-refractivity contribution in [3.63, 3.8) is 0 Å². The van der Waals surface area contributed by atoms with Crippen molar-refractivity contribution in [3.05, 3.63) is 0 Å². The average molecular weight is 193 g/mol. The largest absolute Gasteiger partial charge is 0.479 e. The zero-order valence-corrected chi connectivity index (χ0v) is 6.57. The minimum absolute atomic E-state index is 0.141. The van der Waals surface area contributed by atoms with E-state index in [0.717, 1.165) is 0 Å². The Balaban J connectivity index is 4.32. The zero-order valence-electron chi connectivity index (χ0n) is 6.57. The lowest BCUT2D eigenvalue weighted by atomic mass is 10.0. The summed E-state index contributed by atoms with van der Waals surface area (Å²) in [7, 11) is 0. The van der Waals surface area contributed by atoms with Crippen molar-refractivity contribution in [1.82, 2.24) is 0 Å². The topological polar surface area (TPSA) is 141 Å². The Labute approximate surface area is 73.4 Å². The number of aliphatic hydroxyl groups excluding tert-OH is 3. The van der Waals surface area contributed by atoms with Crippen LogP contribution in [0.1, 0.15) is 0 Å². The van der Waals surface area contributed by atoms with Crippen molar-refractivity contribution in [2.24, 2.45) is 5.73 Å². The van der Waals surface area contributed by atoms with E-state index in [1.54, 1.807) is 0 Å². The molecule has 76 valence electrons. The maximum absolute atomic E-state index is 10.1. The molecule has 13 heavy (non-hydrogen) atoms. The van der Waals surface area contributed by atoms with Gasteiger partial charge in [-0.3, -0.25) is 0 Å². The van der Waals surface area contributed by atoms with Crippen LogP contribution in [0.2, 0.25) is 0 Å². The third kappa shape index (κ3) is 3.07. The second kappa shape index (κ2) is 4.87. The third-order valence-electron chi connectivity index (χ3n) is 1.48. The summed E-state index contributed by atoms with van der Waals surface area (Å²) < 4.78 is 0. The maximum atomic E-state index is 10.1. The molecule has 0 aliphatic carbocycles. The first-order valence-electron chi connectivity index (χ1n) is 3.39. The van der Waals surface area contributed by atoms with Gasteiger partial charge in [0.2, 0.25) is 0 Å². The zero-order chi connectivity index (χ0) is 10.6. The normalized spacial score (nSPS) is 20.0. The van der Waals surface area contributed by atoms with Gasteiger partial charge in [0.25, 0.3) is 0 Å². The molecular formula is C6H11NO6. The molecule has 6 N–H and O–H groups in total. The number of hydrogen-bond donors (Lipinski definition) is 5. The highest BCUT2D eigenvalue weighted by Gasteiger charge is 2.33. The van der Waals surface area contributed by atoms with E-state index in [-0.39, 0.29) is 6.29 Å². The van der Waals surface area contributed by atoms with Gasteiger partial charge < -0.3 is 31.0 Å². The maximum Gasteiger partial charge on any atom is 0.335 e. The van der Waals surface area contributed by atoms with Crippen LogP contribution in [0.4, 0.5) is 0 Å². The minimum Gasteiger partial charge on any atom is -0.479 e. The van der Waals surface area contributed by atoms with Gasteiger partial charge in [0.15, 0.2) is 6.10 Å². The van der Waals surface area contributed by atoms with E-state index in [4.69, 9.17) is 26.2 Å². The molecule has 0 unspecified atom stereocenters. The van der Waals surface area contributed by atoms with E-state index < -0.39 is 30.3 Å². The number of aliphatic carboxylic acids is 1. The first-order valence-corrected chi connectivity index (χ1v) is 3.39. The second-order valence-corrected chi connectivity index (χ2v) is 2.48. The van der Waals surface area contributed by atoms with E-state index in [2.05, 4.69) is 0 Å². The van der Waals surface area contributed by atoms with E-state index in [1.807, 2.05) is 0 Å². The molecule has 7 nitrogen and oxygen atoms in total. The molecule has 0 aliphatic rings. The Kier molecular flexibility index (Phi) is 4.49. The van der Waals surface area contributed by atoms with Crippen molar-refractivity contribution in [2.75, 3.05) is 0 Å². The lowest BCUT2D eigenvalue weighted by molar-refractivity contribution is -0.159. The van der Waals surface area contributed by atoms with Crippen LogP contribution in [-0.2, 0) is 9.59 Å². The van der Waals surface area contributed by atoms with Crippen molar-refractivity contribution in [3.8, 4) is 0 Å². The standard InChI is InChI=1S/C6H11NO6/c7-2(1-8)3(9)4(10)5(11)6(12)13/h1-5,9-11H,7H2,(H,12,13)/t2-,3+,4-,5-/m0/s1. The van der Waals surface area contributed by atoms with Crippen LogP contribution < -0.4 is 5.73 Å². The van der Waals surface area contributed by atoms with Gasteiger partial charge in [-0.15, -0.1) is 0 Å². The highest BCUT2D eigenvalue weighted by Crippen LogP contribution is 2.02. The lowest BCUT2D eigenvalue weighted by Gasteiger charge is -2.21. The lowest BCUT2D eigenvalue weighted by Crippen LogP contribution is -2.51. The molecule has 0 fully saturated rings. The summed E-state index contributed by atoms with van der Waals surface area (Å²) in [6.45, 7) is 0. The fourth-order valence-corrected chi connectivity index (χ4v) is 0.641. The van der Waals surface area contributed by atoms with Crippen LogP contribution in [0.25, 0.3) is 0 Å². The number of aliphatic hydroxyl groups is 3. The minimum atomic E-state index is -2.17. The van der Waals surface area contributed by atoms with E-state index >= 15 is 0 Å². The van der Waals surface area contributed by atoms with Gasteiger partial charge in [0, 0.05) is 0 Å². The fourth-order valence-electron chi connectivity index (χ4n) is 0.641. The van der Waals surface area contributed by atoms with Crippen LogP contribution in [0.5, 0.6) is 0 Å². The first kappa shape index (κ1) is 12.0. The summed E-state index contributed by atoms with van der Waals surface area (Å²) >= 11 is 0. The first-order chi connectivity index (χ1) is 5.91. The Morgan fingerprint density at radius 2 is 1.69 bits per heavy atom. The molecule has 0 radical (unpaired) electrons. The number of carboxylic acid groups (broad SMARTS) is 1. The molecule has 0 saturated carbocycles. The SMILES string of the molecule is N[C@@H](C=O)[C@@H](O)[C@H](O)[C@H](O)C(=O)O. The van der Waals surface area contributed by atoms with Crippen molar-refractivity contribution in [1.29, 1.82) is 0 Å². The number of hydrogen-bond acceptors (Lipinski definition) is 6. The predicted octanol–water partition coefficient (Wildman–Crippen LogP) is -3.32. The van der Waals surface area contributed by atoms with E-state index in [0.29, 0.717) is 0 Å². The molecule has 0 heterocycles. The highest BCUT2D eigenvalue weighted by atomic mass is 16.4. The number of carbonyl (C=O) groups excluding carboxylic acids is 1. The van der Waals surface area contributed by atoms with Gasteiger partial charge in [0.1, 0.15) is 18.5 Å². The quantitative estimate of drug-likeness (QED) is 0.287. The van der Waals surface area contributed by atoms with Crippen LogP contribution in [0.3, 0.4) is 0 Å². The van der Waals surface area contributed by atoms with Crippen molar-refractivity contribution in [2.45, 2.75) is 24.4 Å². The predicted molar refractivity (Wildman–Crippen MR) is 39.7 cm³/mol. The van der Waals surface area contributed by atoms with E-state index in [1.165, 1.54) is 0 Å². The summed E-state index contributed by atoms with van der Waals surface area (Å²) in [5.41, 5.74) is 4.97. The van der Waals surface area contributed by atoms with Crippen LogP contribution in [-0.4, -0.2) is 57.0 Å². The van der Waals surface area contributed by atoms with Crippen LogP contribution in [0.15, 0.2) is 0 Å². The Hall–Kier alpha value is -1.02. The summed E-state index contributed by atoms with van der Waals surface area (Å²) in [4.78, 5) is 20.1. The van der Waals surface area contributed by atoms with Gasteiger partial charge in [-0.2, -0.15) is 0 Å². The van der Waals surface area contributed by atoms with Crippen LogP contribution >= 0.6 is 0 Å². The average Bonchev–Trinajstić information content (AvgIpc) is 2.12. The van der Waals surface area contributed by atoms with Crippen molar-refractivity contribution >= 4 is 12.3 Å². The Bertz CT molecular complexity index is 196. The van der Waals surface area contributed by atoms with Crippen molar-refractivity contribution < 1.29 is 30.0 Å². The summed E-state index contributed by atoms with van der Waals surface area (Å²) in [6.07, 6.45) is -5.81. The molecule has 7 heteroatoms. The highest BCUT2D eigenvalue weighted by molar-refractivity contribution is 5.73. The molecule has 0 aliphatic heterocycles. The molecule has 0 bridgehead atoms. The molecule has 0 aromatic heterocycles. The monoisotopic (exact) mass is 193 g/mol. The van der Waals surface area contributed by atoms with E-state index in [9.17, 15) is 9.59 Å². The molecule has 0 aromatic carbocycles. The number of rotatable bonds is 5. The fraction of sp³-hybridized carbons (Fsp3) is 0.667. The Morgan fingerprint density at radius 1 is 1.23 bits per heavy atom. The number of carbonyl (C=O) groups is 2. The molecule has 0 spiro atoms. The molecule has 0 aromatic rings. The van der Waals surface area contributed by atoms with Gasteiger partial charge in [-0.05, 0) is 0 Å². The third-order valence-corrected chi connectivity index (χ3v) is 1.48. The summed E-state index contributed by atoms with van der Waals surface area (Å²) in [5.74, 6) is -1.70. The Morgan fingerprint density at radius 3 is 2.00 bits per heavy atom. The van der Waals surface area contributed by atoms with Gasteiger partial charge in [0.05, 0.1) is 6.04 Å². The smallest absolute Gasteiger partial charge is 0.335 e. The van der Waals surface area contributed by atoms with Gasteiger partial charge in [-0.1, -0.05) is 0 Å².